The van der Waals surface area contributed by atoms with Crippen molar-refractivity contribution >= 4 is 0 Å². The average molecular weight is 213 g/mol. The van der Waals surface area contributed by atoms with Gasteiger partial charge in [0.2, 0.25) is 0 Å². The molecule has 5 nitrogen and oxygen atoms in total. The second-order valence-corrected chi connectivity index (χ2v) is 3.55. The van der Waals surface area contributed by atoms with E-state index in [9.17, 15) is 0 Å². The highest BCUT2D eigenvalue weighted by molar-refractivity contribution is 4.73. The first-order valence-electron chi connectivity index (χ1n) is 5.28. The molecule has 0 unspecified atom stereocenters. The summed E-state index contributed by atoms with van der Waals surface area (Å²) < 4.78 is 2.04. The van der Waals surface area contributed by atoms with E-state index in [0.717, 1.165) is 25.9 Å². The van der Waals surface area contributed by atoms with Crippen molar-refractivity contribution in [2.75, 3.05) is 19.7 Å². The lowest BCUT2D eigenvalue weighted by atomic mass is 10.3. The molecule has 0 aromatic carbocycles. The number of hydrogen-bond acceptors (Lipinski definition) is 4. The quantitative estimate of drug-likeness (QED) is 0.514. The second-order valence-electron chi connectivity index (χ2n) is 3.55. The number of imidazole rings is 1. The highest BCUT2D eigenvalue weighted by Gasteiger charge is 1.99. The minimum absolute atomic E-state index is 0.179. The Bertz CT molecular complexity index is 239. The third-order valence-corrected chi connectivity index (χ3v) is 2.17. The topological polar surface area (TPSA) is 70.3 Å². The molecule has 3 N–H and O–H groups in total. The Balaban J connectivity index is 1.89. The fourth-order valence-corrected chi connectivity index (χ4v) is 1.30. The zero-order valence-electron chi connectivity index (χ0n) is 8.84. The molecule has 0 bridgehead atoms. The number of nitrogens with zero attached hydrogens (tertiary/aromatic N) is 2. The van der Waals surface area contributed by atoms with Crippen LogP contribution in [-0.4, -0.2) is 45.6 Å². The maximum Gasteiger partial charge on any atom is 0.0945 e. The number of hydrogen-bond donors (Lipinski definition) is 3. The molecule has 0 amide bonds. The molecule has 0 fully saturated rings. The van der Waals surface area contributed by atoms with Crippen LogP contribution in [0.2, 0.25) is 0 Å². The van der Waals surface area contributed by atoms with Crippen LogP contribution in [-0.2, 0) is 6.54 Å². The van der Waals surface area contributed by atoms with Crippen molar-refractivity contribution in [1.29, 1.82) is 0 Å². The Hall–Kier alpha value is -0.910. The second kappa shape index (κ2) is 7.39. The van der Waals surface area contributed by atoms with Gasteiger partial charge >= 0.3 is 0 Å². The van der Waals surface area contributed by atoms with Crippen LogP contribution in [0.15, 0.2) is 18.7 Å². The van der Waals surface area contributed by atoms with Crippen LogP contribution in [0.25, 0.3) is 0 Å². The van der Waals surface area contributed by atoms with Gasteiger partial charge in [-0.3, -0.25) is 0 Å². The van der Waals surface area contributed by atoms with Crippen LogP contribution in [0.3, 0.4) is 0 Å². The maximum absolute atomic E-state index is 9.04. The van der Waals surface area contributed by atoms with Gasteiger partial charge in [0.1, 0.15) is 0 Å². The molecule has 15 heavy (non-hydrogen) atoms. The summed E-state index contributed by atoms with van der Waals surface area (Å²) in [4.78, 5) is 3.96. The SMILES string of the molecule is OC[C@@H](O)CNCCCCn1ccnc1. The van der Waals surface area contributed by atoms with Crippen molar-refractivity contribution in [1.82, 2.24) is 14.9 Å². The summed E-state index contributed by atoms with van der Waals surface area (Å²) in [7, 11) is 0. The third kappa shape index (κ3) is 5.51. The Morgan fingerprint density at radius 2 is 2.27 bits per heavy atom. The molecule has 0 aliphatic carbocycles. The smallest absolute Gasteiger partial charge is 0.0945 e. The summed E-state index contributed by atoms with van der Waals surface area (Å²) in [6.45, 7) is 2.12. The van der Waals surface area contributed by atoms with Crippen LogP contribution in [0.5, 0.6) is 0 Å². The predicted octanol–water partition coefficient (Wildman–Crippen LogP) is -0.394. The van der Waals surface area contributed by atoms with E-state index < -0.39 is 6.10 Å². The van der Waals surface area contributed by atoms with E-state index in [1.54, 1.807) is 6.20 Å². The van der Waals surface area contributed by atoms with Gasteiger partial charge in [-0.05, 0) is 19.4 Å². The van der Waals surface area contributed by atoms with Crippen LogP contribution >= 0.6 is 0 Å². The number of aliphatic hydroxyl groups is 2. The third-order valence-electron chi connectivity index (χ3n) is 2.17. The first-order valence-corrected chi connectivity index (χ1v) is 5.28. The van der Waals surface area contributed by atoms with Gasteiger partial charge in [0.15, 0.2) is 0 Å². The van der Waals surface area contributed by atoms with Crippen LogP contribution in [0.1, 0.15) is 12.8 Å². The van der Waals surface area contributed by atoms with Crippen molar-refractivity contribution in [2.24, 2.45) is 0 Å². The number of rotatable bonds is 8. The molecular formula is C10H19N3O2. The van der Waals surface area contributed by atoms with Gasteiger partial charge in [-0.2, -0.15) is 0 Å². The van der Waals surface area contributed by atoms with Gasteiger partial charge in [-0.15, -0.1) is 0 Å². The number of aryl methyl sites for hydroxylation is 1. The Kier molecular flexibility index (Phi) is 5.99. The molecule has 1 aromatic heterocycles. The normalized spacial score (nSPS) is 12.9. The van der Waals surface area contributed by atoms with Crippen LogP contribution < -0.4 is 5.32 Å². The fourth-order valence-electron chi connectivity index (χ4n) is 1.30. The van der Waals surface area contributed by atoms with E-state index in [0.29, 0.717) is 6.54 Å². The molecule has 0 saturated carbocycles. The summed E-state index contributed by atoms with van der Waals surface area (Å²) >= 11 is 0. The largest absolute Gasteiger partial charge is 0.394 e. The molecule has 0 saturated heterocycles. The molecule has 0 radical (unpaired) electrons. The molecule has 5 heteroatoms. The van der Waals surface area contributed by atoms with Gasteiger partial charge in [-0.1, -0.05) is 0 Å². The fraction of sp³-hybridized carbons (Fsp3) is 0.700. The Labute approximate surface area is 89.8 Å². The zero-order valence-corrected chi connectivity index (χ0v) is 8.84. The van der Waals surface area contributed by atoms with Gasteiger partial charge < -0.3 is 20.1 Å². The van der Waals surface area contributed by atoms with Crippen molar-refractivity contribution in [3.05, 3.63) is 18.7 Å². The van der Waals surface area contributed by atoms with E-state index in [4.69, 9.17) is 10.2 Å². The number of aliphatic hydroxyl groups excluding tert-OH is 2. The van der Waals surface area contributed by atoms with Gasteiger partial charge in [0, 0.05) is 25.5 Å². The highest BCUT2D eigenvalue weighted by Crippen LogP contribution is 1.93. The average Bonchev–Trinajstić information content (AvgIpc) is 2.75. The molecule has 86 valence electrons. The van der Waals surface area contributed by atoms with Gasteiger partial charge in [0.25, 0.3) is 0 Å². The molecule has 1 atom stereocenters. The van der Waals surface area contributed by atoms with E-state index in [-0.39, 0.29) is 6.61 Å². The Morgan fingerprint density at radius 1 is 1.40 bits per heavy atom. The van der Waals surface area contributed by atoms with Crippen molar-refractivity contribution < 1.29 is 10.2 Å². The Morgan fingerprint density at radius 3 is 2.93 bits per heavy atom. The first kappa shape index (κ1) is 12.2. The number of nitrogens with one attached hydrogen (secondary N) is 1. The summed E-state index contributed by atoms with van der Waals surface area (Å²) in [5.74, 6) is 0. The monoisotopic (exact) mass is 213 g/mol. The van der Waals surface area contributed by atoms with Crippen LogP contribution in [0.4, 0.5) is 0 Å². The van der Waals surface area contributed by atoms with E-state index in [1.165, 1.54) is 0 Å². The molecule has 0 aliphatic rings. The minimum atomic E-state index is -0.640. The lowest BCUT2D eigenvalue weighted by molar-refractivity contribution is 0.0945. The molecule has 1 heterocycles. The van der Waals surface area contributed by atoms with Crippen LogP contribution in [0, 0.1) is 0 Å². The predicted molar refractivity (Wildman–Crippen MR) is 57.4 cm³/mol. The number of aromatic nitrogens is 2. The van der Waals surface area contributed by atoms with Gasteiger partial charge in [-0.25, -0.2) is 4.98 Å². The molecule has 0 aliphatic heterocycles. The molecular weight excluding hydrogens is 194 g/mol. The summed E-state index contributed by atoms with van der Waals surface area (Å²) in [6, 6.07) is 0. The lowest BCUT2D eigenvalue weighted by Gasteiger charge is -2.08. The summed E-state index contributed by atoms with van der Waals surface area (Å²) in [5.41, 5.74) is 0. The maximum atomic E-state index is 9.04. The van der Waals surface area contributed by atoms with Gasteiger partial charge in [0.05, 0.1) is 19.0 Å². The highest BCUT2D eigenvalue weighted by atomic mass is 16.3. The lowest BCUT2D eigenvalue weighted by Crippen LogP contribution is -2.30. The van der Waals surface area contributed by atoms with Crippen molar-refractivity contribution in [3.8, 4) is 0 Å². The van der Waals surface area contributed by atoms with E-state index in [2.05, 4.69) is 10.3 Å². The van der Waals surface area contributed by atoms with E-state index in [1.807, 2.05) is 17.1 Å². The van der Waals surface area contributed by atoms with Crippen molar-refractivity contribution in [2.45, 2.75) is 25.5 Å². The minimum Gasteiger partial charge on any atom is -0.394 e. The van der Waals surface area contributed by atoms with Crippen molar-refractivity contribution in [3.63, 3.8) is 0 Å². The van der Waals surface area contributed by atoms with E-state index >= 15 is 0 Å². The molecule has 1 rings (SSSR count). The molecule has 1 aromatic rings. The summed E-state index contributed by atoms with van der Waals surface area (Å²) in [6.07, 6.45) is 7.02. The number of unbranched alkanes of at least 4 members (excludes halogenated alkanes) is 1. The standard InChI is InChI=1S/C10H19N3O2/c14-8-10(15)7-11-3-1-2-5-13-6-4-12-9-13/h4,6,9-11,14-15H,1-3,5,7-8H2/t10-/m0/s1. The molecule has 0 spiro atoms. The zero-order chi connectivity index (χ0) is 10.9. The summed E-state index contributed by atoms with van der Waals surface area (Å²) in [5, 5.41) is 20.7. The first-order chi connectivity index (χ1) is 7.33.